The number of carbonyl (C=O) groups is 1. The van der Waals surface area contributed by atoms with Crippen LogP contribution >= 0.6 is 11.6 Å². The minimum atomic E-state index is -0.338. The van der Waals surface area contributed by atoms with Crippen LogP contribution in [0.3, 0.4) is 0 Å². The van der Waals surface area contributed by atoms with E-state index in [9.17, 15) is 9.18 Å². The molecule has 1 aliphatic rings. The molecule has 0 spiro atoms. The second kappa shape index (κ2) is 7.73. The molecule has 1 fully saturated rings. The Balaban J connectivity index is 1.80. The molecule has 1 aliphatic heterocycles. The highest BCUT2D eigenvalue weighted by Gasteiger charge is 2.28. The predicted molar refractivity (Wildman–Crippen MR) is 91.5 cm³/mol. The summed E-state index contributed by atoms with van der Waals surface area (Å²) in [5, 5.41) is 3.27. The van der Waals surface area contributed by atoms with E-state index in [1.165, 1.54) is 12.3 Å². The van der Waals surface area contributed by atoms with E-state index in [1.807, 2.05) is 0 Å². The van der Waals surface area contributed by atoms with E-state index in [4.69, 9.17) is 11.6 Å². The molecule has 6 heteroatoms. The third kappa shape index (κ3) is 3.74. The summed E-state index contributed by atoms with van der Waals surface area (Å²) in [6.07, 6.45) is 5.26. The number of carbonyl (C=O) groups excluding carboxylic acids is 1. The van der Waals surface area contributed by atoms with E-state index in [0.29, 0.717) is 22.7 Å². The molecule has 1 amide bonds. The van der Waals surface area contributed by atoms with Crippen molar-refractivity contribution >= 4 is 17.5 Å². The van der Waals surface area contributed by atoms with Gasteiger partial charge in [0.05, 0.1) is 11.6 Å². The zero-order valence-electron chi connectivity index (χ0n) is 13.2. The summed E-state index contributed by atoms with van der Waals surface area (Å²) in [5.41, 5.74) is 0.935. The van der Waals surface area contributed by atoms with Crippen LogP contribution in [0.4, 0.5) is 4.39 Å². The lowest BCUT2D eigenvalue weighted by Gasteiger charge is -2.29. The number of nitrogens with zero attached hydrogens (tertiary/aromatic N) is 2. The third-order valence-corrected chi connectivity index (χ3v) is 4.62. The predicted octanol–water partition coefficient (Wildman–Crippen LogP) is 3.44. The van der Waals surface area contributed by atoms with Gasteiger partial charge in [0, 0.05) is 29.5 Å². The van der Waals surface area contributed by atoms with Gasteiger partial charge in [-0.2, -0.15) is 0 Å². The van der Waals surface area contributed by atoms with Crippen LogP contribution in [0.25, 0.3) is 0 Å². The van der Waals surface area contributed by atoms with Gasteiger partial charge in [-0.25, -0.2) is 4.39 Å². The monoisotopic (exact) mass is 347 g/mol. The summed E-state index contributed by atoms with van der Waals surface area (Å²) < 4.78 is 14.4. The normalized spacial score (nSPS) is 16.1. The Bertz CT molecular complexity index is 684. The Hall–Kier alpha value is -1.98. The topological polar surface area (TPSA) is 45.2 Å². The zero-order chi connectivity index (χ0) is 16.9. The van der Waals surface area contributed by atoms with Crippen LogP contribution in [-0.4, -0.2) is 35.4 Å². The van der Waals surface area contributed by atoms with Crippen LogP contribution in [-0.2, 0) is 0 Å². The number of amides is 1. The van der Waals surface area contributed by atoms with E-state index >= 15 is 0 Å². The van der Waals surface area contributed by atoms with Gasteiger partial charge in [-0.05, 0) is 50.2 Å². The summed E-state index contributed by atoms with van der Waals surface area (Å²) in [6.45, 7) is 2.05. The first kappa shape index (κ1) is 16.9. The molecule has 1 unspecified atom stereocenters. The number of aromatic nitrogens is 1. The molecular formula is C18H19ClFN3O. The van der Waals surface area contributed by atoms with Crippen LogP contribution in [0.1, 0.15) is 34.8 Å². The first-order valence-corrected chi connectivity index (χ1v) is 8.41. The lowest BCUT2D eigenvalue weighted by molar-refractivity contribution is 0.0937. The second-order valence-electron chi connectivity index (χ2n) is 5.85. The van der Waals surface area contributed by atoms with Crippen molar-refractivity contribution in [3.8, 4) is 0 Å². The van der Waals surface area contributed by atoms with Crippen LogP contribution in [0.5, 0.6) is 0 Å². The van der Waals surface area contributed by atoms with Crippen molar-refractivity contribution in [1.82, 2.24) is 15.2 Å². The summed E-state index contributed by atoms with van der Waals surface area (Å²) in [4.78, 5) is 18.4. The molecule has 126 valence electrons. The van der Waals surface area contributed by atoms with E-state index < -0.39 is 0 Å². The Kier molecular flexibility index (Phi) is 5.43. The molecule has 1 aromatic heterocycles. The maximum absolute atomic E-state index is 14.4. The largest absolute Gasteiger partial charge is 0.350 e. The van der Waals surface area contributed by atoms with Gasteiger partial charge in [-0.15, -0.1) is 0 Å². The molecule has 1 saturated heterocycles. The maximum atomic E-state index is 14.4. The van der Waals surface area contributed by atoms with Gasteiger partial charge in [-0.3, -0.25) is 14.7 Å². The highest BCUT2D eigenvalue weighted by molar-refractivity contribution is 6.31. The Morgan fingerprint density at radius 1 is 1.29 bits per heavy atom. The molecule has 4 nitrogen and oxygen atoms in total. The van der Waals surface area contributed by atoms with Gasteiger partial charge < -0.3 is 5.32 Å². The highest BCUT2D eigenvalue weighted by Crippen LogP contribution is 2.31. The second-order valence-corrected chi connectivity index (χ2v) is 6.25. The number of halogens is 2. The van der Waals surface area contributed by atoms with Crippen LogP contribution in [0.2, 0.25) is 5.02 Å². The van der Waals surface area contributed by atoms with Crippen molar-refractivity contribution in [3.05, 3.63) is 64.7 Å². The van der Waals surface area contributed by atoms with Crippen molar-refractivity contribution < 1.29 is 9.18 Å². The molecule has 1 N–H and O–H groups in total. The number of benzene rings is 1. The fraction of sp³-hybridized carbons (Fsp3) is 0.333. The van der Waals surface area contributed by atoms with E-state index in [0.717, 1.165) is 25.9 Å². The lowest BCUT2D eigenvalue weighted by atomic mass is 10.0. The molecule has 2 aromatic rings. The van der Waals surface area contributed by atoms with Crippen LogP contribution in [0, 0.1) is 5.82 Å². The number of likely N-dealkylation sites (tertiary alicyclic amines) is 1. The van der Waals surface area contributed by atoms with Crippen molar-refractivity contribution in [1.29, 1.82) is 0 Å². The number of pyridine rings is 1. The molecule has 0 bridgehead atoms. The summed E-state index contributed by atoms with van der Waals surface area (Å²) >= 11 is 6.25. The van der Waals surface area contributed by atoms with Crippen molar-refractivity contribution in [2.45, 2.75) is 18.9 Å². The summed E-state index contributed by atoms with van der Waals surface area (Å²) in [6, 6.07) is 7.82. The lowest BCUT2D eigenvalue weighted by Crippen LogP contribution is -2.37. The quantitative estimate of drug-likeness (QED) is 0.901. The Morgan fingerprint density at radius 2 is 2.08 bits per heavy atom. The Morgan fingerprint density at radius 3 is 2.75 bits per heavy atom. The minimum Gasteiger partial charge on any atom is -0.350 e. The molecule has 24 heavy (non-hydrogen) atoms. The molecular weight excluding hydrogens is 329 g/mol. The molecule has 0 radical (unpaired) electrons. The molecule has 1 atom stereocenters. The average molecular weight is 348 g/mol. The van der Waals surface area contributed by atoms with Gasteiger partial charge in [0.25, 0.3) is 5.91 Å². The smallest absolute Gasteiger partial charge is 0.252 e. The zero-order valence-corrected chi connectivity index (χ0v) is 14.0. The standard InChI is InChI=1S/C18H19ClFN3O/c19-14-6-3-7-15(20)17(14)16(23-9-1-2-10-23)12-22-18(24)13-5-4-8-21-11-13/h3-8,11,16H,1-2,9-10,12H2,(H,22,24). The molecule has 1 aromatic carbocycles. The summed E-state index contributed by atoms with van der Waals surface area (Å²) in [5.74, 6) is -0.560. The average Bonchev–Trinajstić information content (AvgIpc) is 3.12. The van der Waals surface area contributed by atoms with E-state index in [1.54, 1.807) is 30.5 Å². The molecule has 0 aliphatic carbocycles. The van der Waals surface area contributed by atoms with E-state index in [2.05, 4.69) is 15.2 Å². The SMILES string of the molecule is O=C(NCC(c1c(F)cccc1Cl)N1CCCC1)c1cccnc1. The molecule has 0 saturated carbocycles. The minimum absolute atomic E-state index is 0.222. The molecule has 2 heterocycles. The van der Waals surface area contributed by atoms with Gasteiger partial charge in [0.1, 0.15) is 5.82 Å². The van der Waals surface area contributed by atoms with Gasteiger partial charge in [0.15, 0.2) is 0 Å². The number of hydrogen-bond acceptors (Lipinski definition) is 3. The number of nitrogens with one attached hydrogen (secondary N) is 1. The number of rotatable bonds is 5. The maximum Gasteiger partial charge on any atom is 0.252 e. The fourth-order valence-electron chi connectivity index (χ4n) is 3.08. The fourth-order valence-corrected chi connectivity index (χ4v) is 3.37. The van der Waals surface area contributed by atoms with Crippen molar-refractivity contribution in [2.75, 3.05) is 19.6 Å². The first-order chi connectivity index (χ1) is 11.7. The van der Waals surface area contributed by atoms with Crippen LogP contribution in [0.15, 0.2) is 42.7 Å². The van der Waals surface area contributed by atoms with Crippen LogP contribution < -0.4 is 5.32 Å². The summed E-state index contributed by atoms with van der Waals surface area (Å²) in [7, 11) is 0. The Labute approximate surface area is 145 Å². The van der Waals surface area contributed by atoms with Crippen molar-refractivity contribution in [3.63, 3.8) is 0 Å². The van der Waals surface area contributed by atoms with Crippen molar-refractivity contribution in [2.24, 2.45) is 0 Å². The molecule has 3 rings (SSSR count). The highest BCUT2D eigenvalue weighted by atomic mass is 35.5. The van der Waals surface area contributed by atoms with Gasteiger partial charge in [0.2, 0.25) is 0 Å². The van der Waals surface area contributed by atoms with Gasteiger partial charge in [-0.1, -0.05) is 17.7 Å². The van der Waals surface area contributed by atoms with E-state index in [-0.39, 0.29) is 17.8 Å². The third-order valence-electron chi connectivity index (χ3n) is 4.29. The number of hydrogen-bond donors (Lipinski definition) is 1. The van der Waals surface area contributed by atoms with Gasteiger partial charge >= 0.3 is 0 Å². The first-order valence-electron chi connectivity index (χ1n) is 8.03.